The van der Waals surface area contributed by atoms with Crippen molar-refractivity contribution in [3.8, 4) is 0 Å². The van der Waals surface area contributed by atoms with Crippen LogP contribution < -0.4 is 5.73 Å². The Labute approximate surface area is 102 Å². The summed E-state index contributed by atoms with van der Waals surface area (Å²) in [5, 5.41) is 0.0744. The van der Waals surface area contributed by atoms with E-state index in [0.29, 0.717) is 5.75 Å². The lowest BCUT2D eigenvalue weighted by molar-refractivity contribution is -0.0633. The van der Waals surface area contributed by atoms with E-state index in [4.69, 9.17) is 10.5 Å². The number of hydrogen-bond donors (Lipinski definition) is 1. The molecule has 1 aliphatic heterocycles. The van der Waals surface area contributed by atoms with Gasteiger partial charge < -0.3 is 10.5 Å². The molecule has 96 valence electrons. The van der Waals surface area contributed by atoms with Crippen LogP contribution in [0.25, 0.3) is 0 Å². The van der Waals surface area contributed by atoms with Crippen molar-refractivity contribution in [1.82, 2.24) is 0 Å². The Balaban J connectivity index is 2.78. The third kappa shape index (κ3) is 3.54. The summed E-state index contributed by atoms with van der Waals surface area (Å²) in [6.45, 7) is 12.0. The summed E-state index contributed by atoms with van der Waals surface area (Å²) in [7, 11) is -0.931. The third-order valence-electron chi connectivity index (χ3n) is 2.82. The SMILES string of the molecule is CC(C)(N)CS(=O)C1CC(C)(C)OC1(C)C. The van der Waals surface area contributed by atoms with Gasteiger partial charge >= 0.3 is 0 Å². The van der Waals surface area contributed by atoms with Gasteiger partial charge in [0.15, 0.2) is 0 Å². The minimum atomic E-state index is -0.931. The molecule has 0 aliphatic carbocycles. The van der Waals surface area contributed by atoms with E-state index < -0.39 is 10.8 Å². The Hall–Kier alpha value is 0.0700. The first-order valence-electron chi connectivity index (χ1n) is 5.79. The first-order chi connectivity index (χ1) is 6.93. The second-order valence-electron chi connectivity index (χ2n) is 6.67. The fourth-order valence-corrected chi connectivity index (χ4v) is 4.59. The van der Waals surface area contributed by atoms with Crippen molar-refractivity contribution < 1.29 is 8.95 Å². The zero-order valence-electron chi connectivity index (χ0n) is 11.3. The van der Waals surface area contributed by atoms with Crippen LogP contribution in [0.2, 0.25) is 0 Å². The van der Waals surface area contributed by atoms with Gasteiger partial charge in [-0.25, -0.2) is 0 Å². The van der Waals surface area contributed by atoms with Gasteiger partial charge in [-0.05, 0) is 48.0 Å². The molecule has 0 aromatic rings. The highest BCUT2D eigenvalue weighted by Crippen LogP contribution is 2.40. The van der Waals surface area contributed by atoms with Crippen molar-refractivity contribution in [2.75, 3.05) is 5.75 Å². The van der Waals surface area contributed by atoms with E-state index in [1.165, 1.54) is 0 Å². The average Bonchev–Trinajstić information content (AvgIpc) is 2.14. The topological polar surface area (TPSA) is 52.3 Å². The largest absolute Gasteiger partial charge is 0.368 e. The van der Waals surface area contributed by atoms with Crippen molar-refractivity contribution in [3.63, 3.8) is 0 Å². The van der Waals surface area contributed by atoms with Crippen LogP contribution in [0.1, 0.15) is 48.0 Å². The minimum Gasteiger partial charge on any atom is -0.368 e. The highest BCUT2D eigenvalue weighted by Gasteiger charge is 2.49. The molecular formula is C12H25NO2S. The molecule has 1 heterocycles. The number of nitrogens with two attached hydrogens (primary N) is 1. The lowest BCUT2D eigenvalue weighted by Gasteiger charge is -2.28. The summed E-state index contributed by atoms with van der Waals surface area (Å²) in [5.74, 6) is 0.528. The monoisotopic (exact) mass is 247 g/mol. The van der Waals surface area contributed by atoms with Gasteiger partial charge in [0.05, 0.1) is 16.5 Å². The van der Waals surface area contributed by atoms with Gasteiger partial charge in [-0.1, -0.05) is 0 Å². The van der Waals surface area contributed by atoms with Gasteiger partial charge in [0.25, 0.3) is 0 Å². The van der Waals surface area contributed by atoms with E-state index in [2.05, 4.69) is 13.8 Å². The van der Waals surface area contributed by atoms with Gasteiger partial charge in [-0.15, -0.1) is 0 Å². The zero-order valence-corrected chi connectivity index (χ0v) is 12.1. The van der Waals surface area contributed by atoms with E-state index in [1.807, 2.05) is 27.7 Å². The molecule has 0 radical (unpaired) electrons. The van der Waals surface area contributed by atoms with E-state index in [9.17, 15) is 4.21 Å². The summed E-state index contributed by atoms with van der Waals surface area (Å²) in [4.78, 5) is 0. The maximum Gasteiger partial charge on any atom is 0.0777 e. The van der Waals surface area contributed by atoms with Crippen LogP contribution in [-0.4, -0.2) is 32.0 Å². The average molecular weight is 247 g/mol. The molecule has 0 aromatic heterocycles. The molecule has 4 heteroatoms. The molecule has 2 atom stereocenters. The standard InChI is InChI=1S/C12H25NO2S/c1-10(2,13)8-16(14)9-7-11(3,4)15-12(9,5)6/h9H,7-8,13H2,1-6H3. The molecule has 1 fully saturated rings. The van der Waals surface area contributed by atoms with Gasteiger partial charge in [-0.2, -0.15) is 0 Å². The predicted octanol–water partition coefficient (Wildman–Crippen LogP) is 1.82. The van der Waals surface area contributed by atoms with Gasteiger partial charge in [0.2, 0.25) is 0 Å². The first kappa shape index (κ1) is 14.1. The molecule has 0 amide bonds. The van der Waals surface area contributed by atoms with E-state index in [0.717, 1.165) is 6.42 Å². The highest BCUT2D eigenvalue weighted by atomic mass is 32.2. The van der Waals surface area contributed by atoms with Gasteiger partial charge in [-0.3, -0.25) is 4.21 Å². The fraction of sp³-hybridized carbons (Fsp3) is 1.00. The quantitative estimate of drug-likeness (QED) is 0.827. The molecule has 0 spiro atoms. The van der Waals surface area contributed by atoms with E-state index in [1.54, 1.807) is 0 Å². The van der Waals surface area contributed by atoms with Crippen molar-refractivity contribution in [3.05, 3.63) is 0 Å². The molecule has 0 bridgehead atoms. The second kappa shape index (κ2) is 4.07. The van der Waals surface area contributed by atoms with Crippen LogP contribution >= 0.6 is 0 Å². The summed E-state index contributed by atoms with van der Waals surface area (Å²) < 4.78 is 18.3. The smallest absolute Gasteiger partial charge is 0.0777 e. The lowest BCUT2D eigenvalue weighted by Crippen LogP contribution is -2.44. The Morgan fingerprint density at radius 3 is 2.19 bits per heavy atom. The summed E-state index contributed by atoms with van der Waals surface area (Å²) in [5.41, 5.74) is 5.05. The van der Waals surface area contributed by atoms with Crippen molar-refractivity contribution in [2.24, 2.45) is 5.73 Å². The summed E-state index contributed by atoms with van der Waals surface area (Å²) in [6, 6.07) is 0. The van der Waals surface area contributed by atoms with Crippen LogP contribution in [0.5, 0.6) is 0 Å². The molecule has 3 nitrogen and oxygen atoms in total. The van der Waals surface area contributed by atoms with Crippen molar-refractivity contribution in [2.45, 2.75) is 70.0 Å². The third-order valence-corrected chi connectivity index (χ3v) is 5.22. The molecule has 0 saturated carbocycles. The molecule has 1 aliphatic rings. The second-order valence-corrected chi connectivity index (χ2v) is 8.29. The molecule has 1 rings (SSSR count). The maximum absolute atomic E-state index is 12.3. The number of rotatable bonds is 3. The first-order valence-corrected chi connectivity index (χ1v) is 7.17. The van der Waals surface area contributed by atoms with E-state index >= 15 is 0 Å². The Morgan fingerprint density at radius 2 is 1.88 bits per heavy atom. The van der Waals surface area contributed by atoms with Crippen LogP contribution in [0.4, 0.5) is 0 Å². The fourth-order valence-electron chi connectivity index (χ4n) is 2.39. The normalized spacial score (nSPS) is 30.3. The lowest BCUT2D eigenvalue weighted by atomic mass is 10.0. The molecule has 16 heavy (non-hydrogen) atoms. The summed E-state index contributed by atoms with van der Waals surface area (Å²) >= 11 is 0. The Morgan fingerprint density at radius 1 is 1.38 bits per heavy atom. The van der Waals surface area contributed by atoms with Crippen molar-refractivity contribution >= 4 is 10.8 Å². The van der Waals surface area contributed by atoms with Crippen LogP contribution in [-0.2, 0) is 15.5 Å². The van der Waals surface area contributed by atoms with Gasteiger partial charge in [0, 0.05) is 22.1 Å². The zero-order chi connectivity index (χ0) is 12.8. The molecule has 1 saturated heterocycles. The van der Waals surface area contributed by atoms with Crippen LogP contribution in [0.3, 0.4) is 0 Å². The number of hydrogen-bond acceptors (Lipinski definition) is 3. The maximum atomic E-state index is 12.3. The Kier molecular flexibility index (Phi) is 3.60. The van der Waals surface area contributed by atoms with Gasteiger partial charge in [0.1, 0.15) is 0 Å². The van der Waals surface area contributed by atoms with E-state index in [-0.39, 0.29) is 22.0 Å². The predicted molar refractivity (Wildman–Crippen MR) is 68.9 cm³/mol. The number of ether oxygens (including phenoxy) is 1. The summed E-state index contributed by atoms with van der Waals surface area (Å²) in [6.07, 6.45) is 0.836. The molecule has 2 N–H and O–H groups in total. The molecule has 2 unspecified atom stereocenters. The Bertz CT molecular complexity index is 292. The van der Waals surface area contributed by atoms with Crippen molar-refractivity contribution in [1.29, 1.82) is 0 Å². The molecular weight excluding hydrogens is 222 g/mol. The highest BCUT2D eigenvalue weighted by molar-refractivity contribution is 7.85. The molecule has 0 aromatic carbocycles. The van der Waals surface area contributed by atoms with Crippen LogP contribution in [0.15, 0.2) is 0 Å². The minimum absolute atomic E-state index is 0.0744. The van der Waals surface area contributed by atoms with Crippen LogP contribution in [0, 0.1) is 0 Å².